The number of nitrogens with zero attached hydrogens (tertiary/aromatic N) is 5. The number of aryl methyl sites for hydroxylation is 1. The Morgan fingerprint density at radius 2 is 1.82 bits per heavy atom. The maximum atomic E-state index is 12.5. The second kappa shape index (κ2) is 12.2. The number of likely N-dealkylation sites (tertiary alicyclic amines) is 1. The van der Waals surface area contributed by atoms with E-state index in [-0.39, 0.29) is 24.1 Å². The molecule has 2 saturated heterocycles. The van der Waals surface area contributed by atoms with Crippen LogP contribution in [0, 0.1) is 5.92 Å². The number of carbonyl (C=O) groups excluding carboxylic acids is 2. The molecule has 4 heterocycles. The lowest BCUT2D eigenvalue weighted by Gasteiger charge is -2.31. The highest BCUT2D eigenvalue weighted by molar-refractivity contribution is 5.83. The first-order chi connectivity index (χ1) is 19.4. The van der Waals surface area contributed by atoms with E-state index < -0.39 is 30.4 Å². The zero-order valence-corrected chi connectivity index (χ0v) is 23.2. The Bertz CT molecular complexity index is 1190. The summed E-state index contributed by atoms with van der Waals surface area (Å²) < 4.78 is 12.7. The van der Waals surface area contributed by atoms with E-state index in [4.69, 9.17) is 15.2 Å². The van der Waals surface area contributed by atoms with Crippen molar-refractivity contribution in [1.82, 2.24) is 29.7 Å². The Balaban J connectivity index is 0.00000158. The van der Waals surface area contributed by atoms with Crippen LogP contribution in [0.4, 0.5) is 10.6 Å². The van der Waals surface area contributed by atoms with Crippen LogP contribution in [0.15, 0.2) is 6.33 Å². The van der Waals surface area contributed by atoms with E-state index in [1.54, 1.807) is 0 Å². The van der Waals surface area contributed by atoms with Crippen LogP contribution in [0.3, 0.4) is 0 Å². The van der Waals surface area contributed by atoms with Gasteiger partial charge in [-0.2, -0.15) is 0 Å². The van der Waals surface area contributed by atoms with Crippen LogP contribution in [-0.4, -0.2) is 90.2 Å². The van der Waals surface area contributed by atoms with Crippen LogP contribution in [0.25, 0.3) is 11.2 Å². The van der Waals surface area contributed by atoms with Crippen molar-refractivity contribution in [3.8, 4) is 0 Å². The molecule has 6 rings (SSSR count). The minimum Gasteiger partial charge on any atom is -0.446 e. The van der Waals surface area contributed by atoms with Gasteiger partial charge in [-0.25, -0.2) is 19.7 Å². The zero-order valence-electron chi connectivity index (χ0n) is 23.2. The average Bonchev–Trinajstić information content (AvgIpc) is 3.88. The van der Waals surface area contributed by atoms with Crippen LogP contribution < -0.4 is 11.1 Å². The Labute approximate surface area is 233 Å². The minimum absolute atomic E-state index is 0.107. The third-order valence-electron chi connectivity index (χ3n) is 7.87. The smallest absolute Gasteiger partial charge is 0.410 e. The van der Waals surface area contributed by atoms with Crippen molar-refractivity contribution in [1.29, 1.82) is 0 Å². The number of nitrogen functional groups attached to an aromatic ring is 1. The summed E-state index contributed by atoms with van der Waals surface area (Å²) in [6, 6.07) is 0.107. The Morgan fingerprint density at radius 3 is 2.50 bits per heavy atom. The number of nitrogens with two attached hydrogens (primary N) is 1. The fourth-order valence-electron chi connectivity index (χ4n) is 5.26. The molecule has 4 fully saturated rings. The Hall–Kier alpha value is -3.03. The van der Waals surface area contributed by atoms with Crippen molar-refractivity contribution in [3.05, 3.63) is 12.2 Å². The number of aromatic nitrogens is 4. The van der Waals surface area contributed by atoms with Gasteiger partial charge in [-0.15, -0.1) is 0 Å². The number of aliphatic hydroxyl groups excluding tert-OH is 2. The quantitative estimate of drug-likeness (QED) is 0.372. The predicted molar refractivity (Wildman–Crippen MR) is 145 cm³/mol. The molecule has 2 amide bonds. The molecule has 2 aromatic heterocycles. The maximum absolute atomic E-state index is 12.5. The second-order valence-electron chi connectivity index (χ2n) is 11.0. The summed E-state index contributed by atoms with van der Waals surface area (Å²) in [6.45, 7) is 5.44. The van der Waals surface area contributed by atoms with Crippen molar-refractivity contribution in [3.63, 3.8) is 0 Å². The minimum atomic E-state index is -1.38. The van der Waals surface area contributed by atoms with Crippen molar-refractivity contribution in [2.24, 2.45) is 5.92 Å². The number of hydrogen-bond donors (Lipinski definition) is 4. The van der Waals surface area contributed by atoms with Gasteiger partial charge in [-0.05, 0) is 57.3 Å². The molecule has 0 spiro atoms. The van der Waals surface area contributed by atoms with Gasteiger partial charge in [0, 0.05) is 25.6 Å². The molecule has 4 atom stereocenters. The van der Waals surface area contributed by atoms with E-state index in [9.17, 15) is 19.8 Å². The van der Waals surface area contributed by atoms with E-state index in [1.165, 1.54) is 10.9 Å². The number of aliphatic hydroxyl groups is 2. The molecule has 5 N–H and O–H groups in total. The summed E-state index contributed by atoms with van der Waals surface area (Å²) in [4.78, 5) is 39.8. The number of rotatable bonds is 8. The molecule has 4 aliphatic rings. The van der Waals surface area contributed by atoms with Gasteiger partial charge in [0.05, 0.1) is 6.33 Å². The average molecular weight is 560 g/mol. The normalized spacial score (nSPS) is 26.9. The SMILES string of the molecule is CC.Nc1nc(CCCC2CCN(C(=O)OC3CC3)CC2)nc2c1ncn2[C@@H]1O[C@H](C(=O)NC2CC2)C(O)[C@@H]1O. The second-order valence-corrected chi connectivity index (χ2v) is 11.0. The lowest BCUT2D eigenvalue weighted by molar-refractivity contribution is -0.137. The predicted octanol–water partition coefficient (Wildman–Crippen LogP) is 1.67. The summed E-state index contributed by atoms with van der Waals surface area (Å²) in [5, 5.41) is 24.0. The first kappa shape index (κ1) is 28.5. The van der Waals surface area contributed by atoms with Crippen LogP contribution in [0.1, 0.15) is 77.3 Å². The van der Waals surface area contributed by atoms with Gasteiger partial charge in [0.1, 0.15) is 29.7 Å². The van der Waals surface area contributed by atoms with Crippen LogP contribution in [0.5, 0.6) is 0 Å². The molecule has 2 aromatic rings. The number of nitrogens with one attached hydrogen (secondary N) is 1. The van der Waals surface area contributed by atoms with E-state index in [2.05, 4.69) is 20.3 Å². The Morgan fingerprint density at radius 1 is 1.10 bits per heavy atom. The largest absolute Gasteiger partial charge is 0.446 e. The molecule has 2 aliphatic carbocycles. The number of hydrogen-bond acceptors (Lipinski definition) is 10. The number of ether oxygens (including phenoxy) is 2. The number of carbonyl (C=O) groups is 2. The molecule has 220 valence electrons. The number of amides is 2. The number of imidazole rings is 1. The first-order valence-electron chi connectivity index (χ1n) is 14.6. The molecule has 0 bridgehead atoms. The lowest BCUT2D eigenvalue weighted by Crippen LogP contribution is -2.43. The molecular formula is C27H41N7O6. The summed E-state index contributed by atoms with van der Waals surface area (Å²) in [5.41, 5.74) is 6.93. The lowest BCUT2D eigenvalue weighted by atomic mass is 9.91. The summed E-state index contributed by atoms with van der Waals surface area (Å²) >= 11 is 0. The van der Waals surface area contributed by atoms with Gasteiger partial charge in [-0.1, -0.05) is 13.8 Å². The maximum Gasteiger partial charge on any atom is 0.410 e. The third-order valence-corrected chi connectivity index (χ3v) is 7.87. The highest BCUT2D eigenvalue weighted by Crippen LogP contribution is 2.33. The van der Waals surface area contributed by atoms with Crippen molar-refractivity contribution >= 4 is 29.0 Å². The van der Waals surface area contributed by atoms with E-state index >= 15 is 0 Å². The fourth-order valence-corrected chi connectivity index (χ4v) is 5.26. The molecule has 13 heteroatoms. The molecule has 13 nitrogen and oxygen atoms in total. The fraction of sp³-hybridized carbons (Fsp3) is 0.741. The van der Waals surface area contributed by atoms with E-state index in [1.807, 2.05) is 18.7 Å². The summed E-state index contributed by atoms with van der Waals surface area (Å²) in [6.07, 6.45) is 4.56. The summed E-state index contributed by atoms with van der Waals surface area (Å²) in [5.74, 6) is 0.862. The van der Waals surface area contributed by atoms with Gasteiger partial charge >= 0.3 is 6.09 Å². The van der Waals surface area contributed by atoms with Crippen LogP contribution >= 0.6 is 0 Å². The molecular weight excluding hydrogens is 518 g/mol. The number of piperidine rings is 1. The van der Waals surface area contributed by atoms with Gasteiger partial charge in [0.15, 0.2) is 23.8 Å². The highest BCUT2D eigenvalue weighted by Gasteiger charge is 2.48. The van der Waals surface area contributed by atoms with Crippen molar-refractivity contribution < 1.29 is 29.3 Å². The monoisotopic (exact) mass is 559 g/mol. The van der Waals surface area contributed by atoms with Gasteiger partial charge in [0.2, 0.25) is 0 Å². The molecule has 0 radical (unpaired) electrons. The number of anilines is 1. The standard InChI is InChI=1S/C25H35N7O6.C2H6/c26-21-17-22(32(12-27-17)24-19(34)18(33)20(38-24)23(35)28-14-4-5-14)30-16(29-21)3-1-2-13-8-10-31(11-9-13)25(36)37-15-6-7-15;1-2/h12-15,18-20,24,33-34H,1-11H2,(H,28,35)(H2,26,29,30);1-2H3/t18?,19-,20-,24+;/m0./s1. The molecule has 2 aliphatic heterocycles. The summed E-state index contributed by atoms with van der Waals surface area (Å²) in [7, 11) is 0. The van der Waals surface area contributed by atoms with Gasteiger partial charge in [0.25, 0.3) is 5.91 Å². The van der Waals surface area contributed by atoms with Gasteiger partial charge in [-0.3, -0.25) is 9.36 Å². The zero-order chi connectivity index (χ0) is 28.4. The van der Waals surface area contributed by atoms with Crippen LogP contribution in [0.2, 0.25) is 0 Å². The highest BCUT2D eigenvalue weighted by atomic mass is 16.6. The van der Waals surface area contributed by atoms with Crippen molar-refractivity contribution in [2.75, 3.05) is 18.8 Å². The molecule has 0 aromatic carbocycles. The topological polar surface area (TPSA) is 178 Å². The van der Waals surface area contributed by atoms with Crippen molar-refractivity contribution in [2.45, 2.75) is 108 Å². The molecule has 40 heavy (non-hydrogen) atoms. The van der Waals surface area contributed by atoms with E-state index in [0.29, 0.717) is 29.3 Å². The Kier molecular flexibility index (Phi) is 8.71. The van der Waals surface area contributed by atoms with Gasteiger partial charge < -0.3 is 35.6 Å². The molecule has 2 saturated carbocycles. The molecule has 1 unspecified atom stereocenters. The van der Waals surface area contributed by atoms with E-state index in [0.717, 1.165) is 64.5 Å². The van der Waals surface area contributed by atoms with Crippen LogP contribution in [-0.2, 0) is 20.7 Å². The first-order valence-corrected chi connectivity index (χ1v) is 14.6. The third kappa shape index (κ3) is 6.31. The number of fused-ring (bicyclic) bond motifs is 1.